The van der Waals surface area contributed by atoms with Crippen LogP contribution >= 0.6 is 0 Å². The van der Waals surface area contributed by atoms with E-state index >= 15 is 0 Å². The molecule has 0 saturated heterocycles. The van der Waals surface area contributed by atoms with Crippen LogP contribution in [0.1, 0.15) is 12.0 Å². The van der Waals surface area contributed by atoms with Gasteiger partial charge in [0.25, 0.3) is 10.0 Å². The molecule has 0 aliphatic heterocycles. The van der Waals surface area contributed by atoms with Crippen LogP contribution in [0.15, 0.2) is 90.1 Å². The molecule has 0 fully saturated rings. The van der Waals surface area contributed by atoms with Gasteiger partial charge >= 0.3 is 0 Å². The first kappa shape index (κ1) is 20.6. The van der Waals surface area contributed by atoms with Gasteiger partial charge in [-0.2, -0.15) is 8.42 Å². The lowest BCUT2D eigenvalue weighted by Crippen LogP contribution is -2.14. The summed E-state index contributed by atoms with van der Waals surface area (Å²) in [7, 11) is -3.75. The Bertz CT molecular complexity index is 1040. The second kappa shape index (κ2) is 9.86. The topological polar surface area (TPSA) is 88.5 Å². The summed E-state index contributed by atoms with van der Waals surface area (Å²) < 4.78 is 32.8. The summed E-state index contributed by atoms with van der Waals surface area (Å²) >= 11 is 0. The Labute approximate surface area is 170 Å². The lowest BCUT2D eigenvalue weighted by Gasteiger charge is -2.09. The minimum absolute atomic E-state index is 0.0465. The highest BCUT2D eigenvalue weighted by Gasteiger charge is 2.15. The first-order chi connectivity index (χ1) is 14.0. The normalized spacial score (nSPS) is 12.6. The van der Waals surface area contributed by atoms with E-state index in [2.05, 4.69) is 9.71 Å². The summed E-state index contributed by atoms with van der Waals surface area (Å²) in [5.74, 6) is 0.761. The molecule has 0 saturated carbocycles. The van der Waals surface area contributed by atoms with Gasteiger partial charge in [-0.25, -0.2) is 4.98 Å². The third-order valence-corrected chi connectivity index (χ3v) is 5.28. The molecule has 29 heavy (non-hydrogen) atoms. The van der Waals surface area contributed by atoms with Gasteiger partial charge < -0.3 is 9.84 Å². The van der Waals surface area contributed by atoms with Gasteiger partial charge in [-0.15, -0.1) is 0 Å². The third-order valence-electron chi connectivity index (χ3n) is 3.99. The number of anilines is 1. The molecule has 0 unspecified atom stereocenters. The molecule has 0 radical (unpaired) electrons. The van der Waals surface area contributed by atoms with E-state index in [1.54, 1.807) is 42.5 Å². The molecule has 6 nitrogen and oxygen atoms in total. The monoisotopic (exact) mass is 410 g/mol. The van der Waals surface area contributed by atoms with Gasteiger partial charge in [0.1, 0.15) is 5.75 Å². The van der Waals surface area contributed by atoms with Crippen molar-refractivity contribution in [2.75, 3.05) is 11.3 Å². The second-order valence-electron chi connectivity index (χ2n) is 6.28. The lowest BCUT2D eigenvalue weighted by atomic mass is 10.1. The zero-order valence-corrected chi connectivity index (χ0v) is 16.5. The fourth-order valence-electron chi connectivity index (χ4n) is 2.55. The van der Waals surface area contributed by atoms with Crippen LogP contribution in [0.2, 0.25) is 0 Å². The average molecular weight is 410 g/mol. The van der Waals surface area contributed by atoms with Gasteiger partial charge in [0, 0.05) is 18.3 Å². The van der Waals surface area contributed by atoms with Crippen molar-refractivity contribution < 1.29 is 18.3 Å². The molecule has 150 valence electrons. The number of pyridine rings is 1. The van der Waals surface area contributed by atoms with Crippen molar-refractivity contribution in [2.45, 2.75) is 17.6 Å². The molecular weight excluding hydrogens is 388 g/mol. The first-order valence-corrected chi connectivity index (χ1v) is 10.6. The number of aliphatic hydroxyl groups excluding tert-OH is 1. The van der Waals surface area contributed by atoms with Crippen molar-refractivity contribution in [1.82, 2.24) is 4.98 Å². The molecule has 3 aromatic rings. The summed E-state index contributed by atoms with van der Waals surface area (Å²) in [5, 5.41) is 10.1. The quantitative estimate of drug-likeness (QED) is 0.561. The van der Waals surface area contributed by atoms with Gasteiger partial charge in [-0.3, -0.25) is 4.72 Å². The van der Waals surface area contributed by atoms with Crippen molar-refractivity contribution in [2.24, 2.45) is 0 Å². The van der Waals surface area contributed by atoms with Gasteiger partial charge in [0.15, 0.2) is 5.03 Å². The Morgan fingerprint density at radius 3 is 2.59 bits per heavy atom. The number of nitrogens with zero attached hydrogens (tertiary/aromatic N) is 1. The minimum atomic E-state index is -3.75. The van der Waals surface area contributed by atoms with Crippen molar-refractivity contribution in [3.05, 3.63) is 90.6 Å². The van der Waals surface area contributed by atoms with Crippen LogP contribution in [0.25, 0.3) is 6.08 Å². The number of aliphatic hydroxyl groups is 1. The number of hydrogen-bond acceptors (Lipinski definition) is 5. The van der Waals surface area contributed by atoms with Crippen LogP contribution in [0, 0.1) is 0 Å². The minimum Gasteiger partial charge on any atom is -0.493 e. The van der Waals surface area contributed by atoms with Gasteiger partial charge in [0.05, 0.1) is 12.7 Å². The van der Waals surface area contributed by atoms with E-state index in [0.29, 0.717) is 18.7 Å². The number of benzene rings is 2. The predicted molar refractivity (Wildman–Crippen MR) is 113 cm³/mol. The van der Waals surface area contributed by atoms with Crippen LogP contribution in [-0.4, -0.2) is 31.2 Å². The maximum absolute atomic E-state index is 12.4. The Morgan fingerprint density at radius 1 is 1.03 bits per heavy atom. The molecule has 0 aliphatic rings. The van der Waals surface area contributed by atoms with E-state index in [-0.39, 0.29) is 5.03 Å². The van der Waals surface area contributed by atoms with Crippen molar-refractivity contribution in [3.8, 4) is 5.75 Å². The molecule has 0 bridgehead atoms. The maximum Gasteiger partial charge on any atom is 0.279 e. The van der Waals surface area contributed by atoms with Gasteiger partial charge in [0.2, 0.25) is 0 Å². The van der Waals surface area contributed by atoms with Crippen LogP contribution < -0.4 is 9.46 Å². The molecule has 2 aromatic carbocycles. The Kier molecular flexibility index (Phi) is 6.99. The van der Waals surface area contributed by atoms with Crippen LogP contribution in [-0.2, 0) is 10.0 Å². The molecule has 0 spiro atoms. The fourth-order valence-corrected chi connectivity index (χ4v) is 3.55. The van der Waals surface area contributed by atoms with E-state index in [4.69, 9.17) is 4.74 Å². The Balaban J connectivity index is 1.56. The van der Waals surface area contributed by atoms with Crippen LogP contribution in [0.3, 0.4) is 0 Å². The molecule has 7 heteroatoms. The number of nitrogens with one attached hydrogen (secondary N) is 1. The van der Waals surface area contributed by atoms with Gasteiger partial charge in [-0.05, 0) is 42.0 Å². The smallest absolute Gasteiger partial charge is 0.279 e. The van der Waals surface area contributed by atoms with Crippen molar-refractivity contribution >= 4 is 21.8 Å². The van der Waals surface area contributed by atoms with E-state index in [1.807, 2.05) is 36.4 Å². The highest BCUT2D eigenvalue weighted by atomic mass is 32.2. The lowest BCUT2D eigenvalue weighted by molar-refractivity contribution is 0.179. The molecule has 1 heterocycles. The summed E-state index contributed by atoms with van der Waals surface area (Å²) in [6.45, 7) is 0.388. The zero-order chi connectivity index (χ0) is 20.5. The number of rotatable bonds is 9. The third kappa shape index (κ3) is 6.44. The van der Waals surface area contributed by atoms with Gasteiger partial charge in [-0.1, -0.05) is 48.6 Å². The Hall–Kier alpha value is -3.16. The summed E-state index contributed by atoms with van der Waals surface area (Å²) in [6, 6.07) is 21.0. The summed E-state index contributed by atoms with van der Waals surface area (Å²) in [4.78, 5) is 3.87. The standard InChI is InChI=1S/C22H22N2O4S/c25-20(14-16-28-21-9-2-1-3-10-21)13-12-18-7-6-8-19(17-18)24-29(26,27)22-11-4-5-15-23-22/h1-13,15,17,20,24-25H,14,16H2/b13-12+/t20-/m0/s1. The molecule has 3 rings (SSSR count). The number of para-hydroxylation sites is 1. The van der Waals surface area contributed by atoms with Crippen molar-refractivity contribution in [3.63, 3.8) is 0 Å². The Morgan fingerprint density at radius 2 is 1.83 bits per heavy atom. The first-order valence-electron chi connectivity index (χ1n) is 9.11. The largest absolute Gasteiger partial charge is 0.493 e. The van der Waals surface area contributed by atoms with E-state index in [1.165, 1.54) is 12.3 Å². The second-order valence-corrected chi connectivity index (χ2v) is 7.90. The number of hydrogen-bond donors (Lipinski definition) is 2. The molecular formula is C22H22N2O4S. The van der Waals surface area contributed by atoms with Crippen molar-refractivity contribution in [1.29, 1.82) is 0 Å². The SMILES string of the molecule is O=S(=O)(Nc1cccc(/C=C/[C@H](O)CCOc2ccccc2)c1)c1ccccn1. The number of sulfonamides is 1. The molecule has 0 aliphatic carbocycles. The molecule has 2 N–H and O–H groups in total. The summed E-state index contributed by atoms with van der Waals surface area (Å²) in [6.07, 6.45) is 4.59. The number of ether oxygens (including phenoxy) is 1. The molecule has 1 aromatic heterocycles. The number of aromatic nitrogens is 1. The average Bonchev–Trinajstić information content (AvgIpc) is 2.74. The maximum atomic E-state index is 12.4. The molecule has 1 atom stereocenters. The van der Waals surface area contributed by atoms with Crippen LogP contribution in [0.4, 0.5) is 5.69 Å². The van der Waals surface area contributed by atoms with E-state index in [0.717, 1.165) is 11.3 Å². The van der Waals surface area contributed by atoms with E-state index in [9.17, 15) is 13.5 Å². The fraction of sp³-hybridized carbons (Fsp3) is 0.136. The van der Waals surface area contributed by atoms with E-state index < -0.39 is 16.1 Å². The predicted octanol–water partition coefficient (Wildman–Crippen LogP) is 3.73. The summed E-state index contributed by atoms with van der Waals surface area (Å²) in [5.41, 5.74) is 1.17. The highest BCUT2D eigenvalue weighted by Crippen LogP contribution is 2.17. The zero-order valence-electron chi connectivity index (χ0n) is 15.7. The van der Waals surface area contributed by atoms with Crippen LogP contribution in [0.5, 0.6) is 5.75 Å². The molecule has 0 amide bonds. The highest BCUT2D eigenvalue weighted by molar-refractivity contribution is 7.92.